The van der Waals surface area contributed by atoms with E-state index < -0.39 is 0 Å². The zero-order valence-corrected chi connectivity index (χ0v) is 10.8. The standard InChI is InChI=1S/C15H13ClO2/c1-11-3-2-4-13(9-17)15(11)18-10-12-5-7-14(16)8-6-12/h2-9H,10H2,1H3. The Labute approximate surface area is 111 Å². The molecule has 2 nitrogen and oxygen atoms in total. The number of rotatable bonds is 4. The maximum Gasteiger partial charge on any atom is 0.153 e. The molecule has 18 heavy (non-hydrogen) atoms. The third-order valence-corrected chi connectivity index (χ3v) is 2.92. The van der Waals surface area contributed by atoms with Crippen LogP contribution in [0.1, 0.15) is 21.5 Å². The summed E-state index contributed by atoms with van der Waals surface area (Å²) in [7, 11) is 0. The van der Waals surface area contributed by atoms with Crippen molar-refractivity contribution in [3.63, 3.8) is 0 Å². The molecule has 3 heteroatoms. The highest BCUT2D eigenvalue weighted by atomic mass is 35.5. The van der Waals surface area contributed by atoms with Crippen LogP contribution in [-0.2, 0) is 6.61 Å². The minimum Gasteiger partial charge on any atom is -0.488 e. The molecular weight excluding hydrogens is 248 g/mol. The highest BCUT2D eigenvalue weighted by molar-refractivity contribution is 6.30. The number of aldehydes is 1. The summed E-state index contributed by atoms with van der Waals surface area (Å²) < 4.78 is 5.71. The Bertz CT molecular complexity index is 547. The second-order valence-electron chi connectivity index (χ2n) is 4.03. The molecule has 0 heterocycles. The van der Waals surface area contributed by atoms with E-state index in [1.54, 1.807) is 6.07 Å². The fourth-order valence-corrected chi connectivity index (χ4v) is 1.83. The molecule has 2 aromatic carbocycles. The molecule has 92 valence electrons. The summed E-state index contributed by atoms with van der Waals surface area (Å²) in [5, 5.41) is 0.697. The van der Waals surface area contributed by atoms with Crippen molar-refractivity contribution in [2.75, 3.05) is 0 Å². The van der Waals surface area contributed by atoms with Gasteiger partial charge in [-0.25, -0.2) is 0 Å². The van der Waals surface area contributed by atoms with E-state index >= 15 is 0 Å². The third-order valence-electron chi connectivity index (χ3n) is 2.67. The maximum atomic E-state index is 10.9. The van der Waals surface area contributed by atoms with Gasteiger partial charge < -0.3 is 4.74 Å². The molecular formula is C15H13ClO2. The molecule has 0 aliphatic heterocycles. The Morgan fingerprint density at radius 1 is 1.17 bits per heavy atom. The Balaban J connectivity index is 2.15. The largest absolute Gasteiger partial charge is 0.488 e. The molecule has 0 aliphatic carbocycles. The second kappa shape index (κ2) is 5.69. The first-order valence-corrected chi connectivity index (χ1v) is 6.00. The van der Waals surface area contributed by atoms with Crippen molar-refractivity contribution >= 4 is 17.9 Å². The number of carbonyl (C=O) groups is 1. The summed E-state index contributed by atoms with van der Waals surface area (Å²) in [5.74, 6) is 0.641. The van der Waals surface area contributed by atoms with Crippen LogP contribution in [0.3, 0.4) is 0 Å². The monoisotopic (exact) mass is 260 g/mol. The maximum absolute atomic E-state index is 10.9. The molecule has 0 unspecified atom stereocenters. The van der Waals surface area contributed by atoms with Gasteiger partial charge in [0.25, 0.3) is 0 Å². The van der Waals surface area contributed by atoms with Crippen molar-refractivity contribution < 1.29 is 9.53 Å². The topological polar surface area (TPSA) is 26.3 Å². The van der Waals surface area contributed by atoms with Crippen LogP contribution in [0.5, 0.6) is 5.75 Å². The fraction of sp³-hybridized carbons (Fsp3) is 0.133. The van der Waals surface area contributed by atoms with E-state index in [0.29, 0.717) is 22.9 Å². The van der Waals surface area contributed by atoms with Crippen LogP contribution < -0.4 is 4.74 Å². The van der Waals surface area contributed by atoms with E-state index in [1.165, 1.54) is 0 Å². The van der Waals surface area contributed by atoms with Crippen molar-refractivity contribution in [3.8, 4) is 5.75 Å². The number of carbonyl (C=O) groups excluding carboxylic acids is 1. The average molecular weight is 261 g/mol. The van der Waals surface area contributed by atoms with Gasteiger partial charge in [0, 0.05) is 5.02 Å². The molecule has 2 rings (SSSR count). The number of halogens is 1. The molecule has 0 fully saturated rings. The lowest BCUT2D eigenvalue weighted by molar-refractivity contribution is 0.111. The van der Waals surface area contributed by atoms with Gasteiger partial charge in [0.1, 0.15) is 12.4 Å². The van der Waals surface area contributed by atoms with Gasteiger partial charge in [-0.05, 0) is 36.2 Å². The average Bonchev–Trinajstić information content (AvgIpc) is 2.39. The van der Waals surface area contributed by atoms with Crippen LogP contribution >= 0.6 is 11.6 Å². The second-order valence-corrected chi connectivity index (χ2v) is 4.46. The van der Waals surface area contributed by atoms with Crippen LogP contribution in [0, 0.1) is 6.92 Å². The molecule has 0 bridgehead atoms. The van der Waals surface area contributed by atoms with Crippen molar-refractivity contribution in [2.24, 2.45) is 0 Å². The van der Waals surface area contributed by atoms with Crippen LogP contribution in [-0.4, -0.2) is 6.29 Å². The zero-order valence-electron chi connectivity index (χ0n) is 10.0. The van der Waals surface area contributed by atoms with Crippen LogP contribution in [0.15, 0.2) is 42.5 Å². The van der Waals surface area contributed by atoms with Gasteiger partial charge in [0.15, 0.2) is 6.29 Å². The summed E-state index contributed by atoms with van der Waals surface area (Å²) in [6, 6.07) is 13.0. The summed E-state index contributed by atoms with van der Waals surface area (Å²) in [4.78, 5) is 10.9. The molecule has 0 amide bonds. The Morgan fingerprint density at radius 2 is 1.89 bits per heavy atom. The quantitative estimate of drug-likeness (QED) is 0.776. The molecule has 0 radical (unpaired) electrons. The first-order valence-electron chi connectivity index (χ1n) is 5.63. The molecule has 2 aromatic rings. The highest BCUT2D eigenvalue weighted by Crippen LogP contribution is 2.23. The van der Waals surface area contributed by atoms with E-state index in [2.05, 4.69) is 0 Å². The highest BCUT2D eigenvalue weighted by Gasteiger charge is 2.06. The first-order chi connectivity index (χ1) is 8.70. The van der Waals surface area contributed by atoms with E-state index in [-0.39, 0.29) is 0 Å². The minimum absolute atomic E-state index is 0.420. The number of hydrogen-bond donors (Lipinski definition) is 0. The Kier molecular flexibility index (Phi) is 4.00. The number of ether oxygens (including phenoxy) is 1. The van der Waals surface area contributed by atoms with Crippen LogP contribution in [0.2, 0.25) is 5.02 Å². The van der Waals surface area contributed by atoms with Gasteiger partial charge in [0.05, 0.1) is 5.56 Å². The van der Waals surface area contributed by atoms with E-state index in [9.17, 15) is 4.79 Å². The molecule has 0 saturated carbocycles. The summed E-state index contributed by atoms with van der Waals surface area (Å²) in [5.41, 5.74) is 2.54. The van der Waals surface area contributed by atoms with Gasteiger partial charge in [-0.15, -0.1) is 0 Å². The predicted octanol–water partition coefficient (Wildman–Crippen LogP) is 4.04. The number of aryl methyl sites for hydroxylation is 1. The van der Waals surface area contributed by atoms with Crippen molar-refractivity contribution in [1.29, 1.82) is 0 Å². The zero-order chi connectivity index (χ0) is 13.0. The lowest BCUT2D eigenvalue weighted by Gasteiger charge is -2.11. The SMILES string of the molecule is Cc1cccc(C=O)c1OCc1ccc(Cl)cc1. The fourth-order valence-electron chi connectivity index (χ4n) is 1.70. The van der Waals surface area contributed by atoms with Crippen molar-refractivity contribution in [3.05, 3.63) is 64.2 Å². The summed E-state index contributed by atoms with van der Waals surface area (Å²) in [6.07, 6.45) is 0.810. The molecule has 0 atom stereocenters. The minimum atomic E-state index is 0.420. The van der Waals surface area contributed by atoms with E-state index in [4.69, 9.17) is 16.3 Å². The van der Waals surface area contributed by atoms with Crippen molar-refractivity contribution in [1.82, 2.24) is 0 Å². The summed E-state index contributed by atoms with van der Waals surface area (Å²) in [6.45, 7) is 2.34. The van der Waals surface area contributed by atoms with Crippen molar-refractivity contribution in [2.45, 2.75) is 13.5 Å². The number of para-hydroxylation sites is 1. The predicted molar refractivity (Wildman–Crippen MR) is 72.4 cm³/mol. The first kappa shape index (κ1) is 12.7. The van der Waals surface area contributed by atoms with Gasteiger partial charge in [-0.2, -0.15) is 0 Å². The lowest BCUT2D eigenvalue weighted by Crippen LogP contribution is -2.00. The molecule has 0 N–H and O–H groups in total. The summed E-state index contributed by atoms with van der Waals surface area (Å²) >= 11 is 5.81. The normalized spacial score (nSPS) is 10.1. The van der Waals surface area contributed by atoms with E-state index in [1.807, 2.05) is 43.3 Å². The molecule has 0 saturated heterocycles. The Morgan fingerprint density at radius 3 is 2.56 bits per heavy atom. The van der Waals surface area contributed by atoms with Gasteiger partial charge in [0.2, 0.25) is 0 Å². The van der Waals surface area contributed by atoms with Gasteiger partial charge in [-0.1, -0.05) is 35.9 Å². The van der Waals surface area contributed by atoms with Gasteiger partial charge >= 0.3 is 0 Å². The lowest BCUT2D eigenvalue weighted by atomic mass is 10.1. The Hall–Kier alpha value is -1.80. The molecule has 0 spiro atoms. The van der Waals surface area contributed by atoms with Crippen LogP contribution in [0.4, 0.5) is 0 Å². The smallest absolute Gasteiger partial charge is 0.153 e. The van der Waals surface area contributed by atoms with E-state index in [0.717, 1.165) is 17.4 Å². The van der Waals surface area contributed by atoms with Crippen LogP contribution in [0.25, 0.3) is 0 Å². The molecule has 0 aliphatic rings. The number of benzene rings is 2. The third kappa shape index (κ3) is 2.90. The van der Waals surface area contributed by atoms with Gasteiger partial charge in [-0.3, -0.25) is 4.79 Å². The molecule has 0 aromatic heterocycles. The number of hydrogen-bond acceptors (Lipinski definition) is 2.